The number of pyridine rings is 1. The molecular formula is C26H35N3. The first-order chi connectivity index (χ1) is 13.9. The summed E-state index contributed by atoms with van der Waals surface area (Å²) in [5.41, 5.74) is 5.90. The van der Waals surface area contributed by atoms with Crippen molar-refractivity contribution in [3.63, 3.8) is 0 Å². The zero-order chi connectivity index (χ0) is 20.7. The molecule has 0 unspecified atom stereocenters. The maximum absolute atomic E-state index is 4.95. The lowest BCUT2D eigenvalue weighted by molar-refractivity contribution is 0.377. The highest BCUT2D eigenvalue weighted by molar-refractivity contribution is 5.78. The van der Waals surface area contributed by atoms with Crippen LogP contribution in [0.25, 0.3) is 11.6 Å². The van der Waals surface area contributed by atoms with Crippen molar-refractivity contribution in [2.75, 3.05) is 26.2 Å². The van der Waals surface area contributed by atoms with E-state index in [1.54, 1.807) is 0 Å². The summed E-state index contributed by atoms with van der Waals surface area (Å²) in [5.74, 6) is 0. The van der Waals surface area contributed by atoms with E-state index >= 15 is 0 Å². The maximum atomic E-state index is 4.95. The highest BCUT2D eigenvalue weighted by atomic mass is 15.1. The van der Waals surface area contributed by atoms with E-state index in [-0.39, 0.29) is 5.54 Å². The van der Waals surface area contributed by atoms with Crippen molar-refractivity contribution in [3.05, 3.63) is 77.1 Å². The summed E-state index contributed by atoms with van der Waals surface area (Å²) in [5, 5.41) is 3.48. The van der Waals surface area contributed by atoms with Crippen molar-refractivity contribution >= 4 is 11.6 Å². The summed E-state index contributed by atoms with van der Waals surface area (Å²) in [4.78, 5) is 7.47. The zero-order valence-electron chi connectivity index (χ0n) is 18.4. The summed E-state index contributed by atoms with van der Waals surface area (Å²) in [6.45, 7) is 12.9. The van der Waals surface area contributed by atoms with Gasteiger partial charge < -0.3 is 5.32 Å². The van der Waals surface area contributed by atoms with Crippen LogP contribution < -0.4 is 5.32 Å². The van der Waals surface area contributed by atoms with Crippen molar-refractivity contribution in [2.45, 2.75) is 46.1 Å². The van der Waals surface area contributed by atoms with Gasteiger partial charge in [0.15, 0.2) is 0 Å². The number of rotatable bonds is 7. The fraction of sp³-hybridized carbons (Fsp3) is 0.423. The SMILES string of the molecule is Cc1ccc(/C(=C\CN2CCCC2)c2cccc(/C=C/CNC(C)(C)C)n2)cc1. The van der Waals surface area contributed by atoms with E-state index in [4.69, 9.17) is 4.98 Å². The van der Waals surface area contributed by atoms with Crippen molar-refractivity contribution in [3.8, 4) is 0 Å². The topological polar surface area (TPSA) is 28.2 Å². The maximum Gasteiger partial charge on any atom is 0.0712 e. The lowest BCUT2D eigenvalue weighted by Crippen LogP contribution is -2.35. The normalized spacial score (nSPS) is 16.1. The molecule has 0 aliphatic carbocycles. The van der Waals surface area contributed by atoms with Gasteiger partial charge in [0.25, 0.3) is 0 Å². The molecule has 154 valence electrons. The monoisotopic (exact) mass is 389 g/mol. The van der Waals surface area contributed by atoms with E-state index in [1.807, 2.05) is 0 Å². The third-order valence-corrected chi connectivity index (χ3v) is 5.20. The minimum Gasteiger partial charge on any atom is -0.309 e. The molecule has 1 N–H and O–H groups in total. The van der Waals surface area contributed by atoms with Gasteiger partial charge in [0, 0.05) is 24.2 Å². The van der Waals surface area contributed by atoms with Crippen molar-refractivity contribution in [2.24, 2.45) is 0 Å². The summed E-state index contributed by atoms with van der Waals surface area (Å²) >= 11 is 0. The summed E-state index contributed by atoms with van der Waals surface area (Å²) in [6.07, 6.45) is 9.24. The van der Waals surface area contributed by atoms with E-state index in [0.29, 0.717) is 0 Å². The molecule has 3 heteroatoms. The number of hydrogen-bond donors (Lipinski definition) is 1. The van der Waals surface area contributed by atoms with Gasteiger partial charge in [-0.2, -0.15) is 0 Å². The molecule has 0 radical (unpaired) electrons. The molecule has 0 atom stereocenters. The molecule has 1 aromatic heterocycles. The Hall–Kier alpha value is -2.23. The van der Waals surface area contributed by atoms with Gasteiger partial charge >= 0.3 is 0 Å². The van der Waals surface area contributed by atoms with E-state index in [1.165, 1.54) is 42.6 Å². The zero-order valence-corrected chi connectivity index (χ0v) is 18.4. The van der Waals surface area contributed by atoms with Gasteiger partial charge in [-0.3, -0.25) is 4.90 Å². The van der Waals surface area contributed by atoms with Crippen LogP contribution in [-0.2, 0) is 0 Å². The van der Waals surface area contributed by atoms with Gasteiger partial charge in [0.2, 0.25) is 0 Å². The number of likely N-dealkylation sites (tertiary alicyclic amines) is 1. The summed E-state index contributed by atoms with van der Waals surface area (Å²) in [6, 6.07) is 15.1. The molecule has 1 aromatic carbocycles. The smallest absolute Gasteiger partial charge is 0.0712 e. The quantitative estimate of drug-likeness (QED) is 0.695. The van der Waals surface area contributed by atoms with Gasteiger partial charge in [-0.15, -0.1) is 0 Å². The number of nitrogens with one attached hydrogen (secondary N) is 1. The molecule has 0 amide bonds. The van der Waals surface area contributed by atoms with Crippen molar-refractivity contribution in [1.82, 2.24) is 15.2 Å². The fourth-order valence-corrected chi connectivity index (χ4v) is 3.53. The molecule has 0 saturated carbocycles. The van der Waals surface area contributed by atoms with Crippen LogP contribution in [0, 0.1) is 6.92 Å². The highest BCUT2D eigenvalue weighted by Crippen LogP contribution is 2.23. The van der Waals surface area contributed by atoms with Gasteiger partial charge in [0.1, 0.15) is 0 Å². The predicted molar refractivity (Wildman–Crippen MR) is 125 cm³/mol. The average Bonchev–Trinajstić information content (AvgIpc) is 3.20. The fourth-order valence-electron chi connectivity index (χ4n) is 3.53. The second kappa shape index (κ2) is 10.00. The van der Waals surface area contributed by atoms with E-state index < -0.39 is 0 Å². The molecule has 2 heterocycles. The first-order valence-electron chi connectivity index (χ1n) is 10.8. The Balaban J connectivity index is 1.82. The Kier molecular flexibility index (Phi) is 7.40. The van der Waals surface area contributed by atoms with Crippen LogP contribution in [0.2, 0.25) is 0 Å². The molecule has 1 aliphatic rings. The van der Waals surface area contributed by atoms with Crippen molar-refractivity contribution in [1.29, 1.82) is 0 Å². The average molecular weight is 390 g/mol. The molecule has 1 aliphatic heterocycles. The van der Waals surface area contributed by atoms with Crippen LogP contribution in [0.15, 0.2) is 54.6 Å². The third kappa shape index (κ3) is 6.95. The Bertz CT molecular complexity index is 835. The first-order valence-corrected chi connectivity index (χ1v) is 10.8. The molecule has 0 bridgehead atoms. The molecular weight excluding hydrogens is 354 g/mol. The molecule has 1 fully saturated rings. The van der Waals surface area contributed by atoms with Crippen molar-refractivity contribution < 1.29 is 0 Å². The number of hydrogen-bond acceptors (Lipinski definition) is 3. The molecule has 3 nitrogen and oxygen atoms in total. The second-order valence-electron chi connectivity index (χ2n) is 8.97. The summed E-state index contributed by atoms with van der Waals surface area (Å²) < 4.78 is 0. The number of nitrogens with zero attached hydrogens (tertiary/aromatic N) is 2. The first kappa shape index (κ1) is 21.5. The van der Waals surface area contributed by atoms with Crippen LogP contribution in [0.5, 0.6) is 0 Å². The number of aromatic nitrogens is 1. The van der Waals surface area contributed by atoms with Gasteiger partial charge in [-0.05, 0) is 77.4 Å². The Morgan fingerprint density at radius 1 is 1.07 bits per heavy atom. The van der Waals surface area contributed by atoms with Crippen LogP contribution >= 0.6 is 0 Å². The highest BCUT2D eigenvalue weighted by Gasteiger charge is 2.12. The number of aryl methyl sites for hydroxylation is 1. The largest absolute Gasteiger partial charge is 0.309 e. The molecule has 29 heavy (non-hydrogen) atoms. The Labute approximate surface area is 176 Å². The third-order valence-electron chi connectivity index (χ3n) is 5.20. The molecule has 3 rings (SSSR count). The molecule has 2 aromatic rings. The van der Waals surface area contributed by atoms with Gasteiger partial charge in [0.05, 0.1) is 11.4 Å². The van der Waals surface area contributed by atoms with E-state index in [0.717, 1.165) is 24.5 Å². The number of benzene rings is 1. The van der Waals surface area contributed by atoms with Crippen LogP contribution in [0.1, 0.15) is 56.1 Å². The summed E-state index contributed by atoms with van der Waals surface area (Å²) in [7, 11) is 0. The van der Waals surface area contributed by atoms with E-state index in [2.05, 4.69) is 98.6 Å². The van der Waals surface area contributed by atoms with Crippen LogP contribution in [-0.4, -0.2) is 41.6 Å². The standard InChI is InChI=1S/C26H35N3/c1-21-12-14-22(15-13-21)24(16-20-29-18-5-6-19-29)25-11-7-9-23(28-25)10-8-17-27-26(2,3)4/h7-16,27H,5-6,17-20H2,1-4H3/b10-8+,24-16+. The van der Waals surface area contributed by atoms with E-state index in [9.17, 15) is 0 Å². The molecule has 1 saturated heterocycles. The van der Waals surface area contributed by atoms with Crippen LogP contribution in [0.3, 0.4) is 0 Å². The predicted octanol–water partition coefficient (Wildman–Crippen LogP) is 5.32. The van der Waals surface area contributed by atoms with Gasteiger partial charge in [-0.25, -0.2) is 4.98 Å². The Morgan fingerprint density at radius 2 is 1.79 bits per heavy atom. The minimum atomic E-state index is 0.122. The second-order valence-corrected chi connectivity index (χ2v) is 8.97. The molecule has 0 spiro atoms. The Morgan fingerprint density at radius 3 is 2.48 bits per heavy atom. The minimum absolute atomic E-state index is 0.122. The lowest BCUT2D eigenvalue weighted by Gasteiger charge is -2.18. The lowest BCUT2D eigenvalue weighted by atomic mass is 10.00. The van der Waals surface area contributed by atoms with Crippen LogP contribution in [0.4, 0.5) is 0 Å². The van der Waals surface area contributed by atoms with Gasteiger partial charge in [-0.1, -0.05) is 48.0 Å².